The molecular weight excluding hydrogens is 410 g/mol. The molecule has 3 rings (SSSR count). The highest BCUT2D eigenvalue weighted by Crippen LogP contribution is 2.37. The van der Waals surface area contributed by atoms with Gasteiger partial charge in [-0.25, -0.2) is 5.43 Å². The molecule has 0 aromatic heterocycles. The van der Waals surface area contributed by atoms with Crippen molar-refractivity contribution in [2.24, 2.45) is 5.10 Å². The Balaban J connectivity index is 1.68. The SMILES string of the molecule is COc1cc(/C=N\NC(=O)c2cccc(NC(=O)c3ccccc3)c2)cc(OC)c1OC. The highest BCUT2D eigenvalue weighted by molar-refractivity contribution is 6.05. The molecule has 0 aliphatic heterocycles. The number of hydrazone groups is 1. The molecule has 0 atom stereocenters. The van der Waals surface area contributed by atoms with Crippen LogP contribution in [-0.2, 0) is 0 Å². The van der Waals surface area contributed by atoms with Gasteiger partial charge in [-0.15, -0.1) is 0 Å². The predicted molar refractivity (Wildman–Crippen MR) is 122 cm³/mol. The fraction of sp³-hybridized carbons (Fsp3) is 0.125. The van der Waals surface area contributed by atoms with Crippen molar-refractivity contribution in [1.29, 1.82) is 0 Å². The molecule has 0 heterocycles. The van der Waals surface area contributed by atoms with E-state index >= 15 is 0 Å². The number of carbonyl (C=O) groups is 2. The van der Waals surface area contributed by atoms with Gasteiger partial charge in [-0.05, 0) is 42.5 Å². The topological polar surface area (TPSA) is 98.2 Å². The van der Waals surface area contributed by atoms with Crippen molar-refractivity contribution in [3.63, 3.8) is 0 Å². The molecule has 2 amide bonds. The van der Waals surface area contributed by atoms with Crippen molar-refractivity contribution >= 4 is 23.7 Å². The van der Waals surface area contributed by atoms with E-state index in [1.165, 1.54) is 27.5 Å². The average Bonchev–Trinajstić information content (AvgIpc) is 2.83. The number of nitrogens with one attached hydrogen (secondary N) is 2. The highest BCUT2D eigenvalue weighted by Gasteiger charge is 2.13. The van der Waals surface area contributed by atoms with Gasteiger partial charge in [0, 0.05) is 22.4 Å². The molecule has 8 heteroatoms. The Bertz CT molecular complexity index is 1100. The zero-order valence-corrected chi connectivity index (χ0v) is 17.9. The van der Waals surface area contributed by atoms with Gasteiger partial charge in [0.2, 0.25) is 5.75 Å². The summed E-state index contributed by atoms with van der Waals surface area (Å²) < 4.78 is 15.9. The van der Waals surface area contributed by atoms with E-state index in [9.17, 15) is 9.59 Å². The standard InChI is InChI=1S/C24H23N3O5/c1-30-20-12-16(13-21(31-2)22(20)32-3)15-25-27-24(29)18-10-7-11-19(14-18)26-23(28)17-8-5-4-6-9-17/h4-15H,1-3H3,(H,26,28)(H,27,29)/b25-15-. The molecule has 3 aromatic rings. The Labute approximate surface area is 185 Å². The van der Waals surface area contributed by atoms with Crippen molar-refractivity contribution in [1.82, 2.24) is 5.43 Å². The van der Waals surface area contributed by atoms with Gasteiger partial charge in [-0.2, -0.15) is 5.10 Å². The Kier molecular flexibility index (Phi) is 7.42. The minimum absolute atomic E-state index is 0.261. The van der Waals surface area contributed by atoms with Gasteiger partial charge >= 0.3 is 0 Å². The third-order valence-corrected chi connectivity index (χ3v) is 4.49. The minimum Gasteiger partial charge on any atom is -0.493 e. The third kappa shape index (κ3) is 5.42. The van der Waals surface area contributed by atoms with Gasteiger partial charge < -0.3 is 19.5 Å². The Morgan fingerprint density at radius 3 is 2.06 bits per heavy atom. The summed E-state index contributed by atoms with van der Waals surface area (Å²) in [5, 5.41) is 6.77. The molecule has 0 aliphatic rings. The van der Waals surface area contributed by atoms with Gasteiger partial charge in [-0.1, -0.05) is 24.3 Å². The van der Waals surface area contributed by atoms with Crippen LogP contribution in [0, 0.1) is 0 Å². The van der Waals surface area contributed by atoms with Gasteiger partial charge in [0.25, 0.3) is 11.8 Å². The van der Waals surface area contributed by atoms with E-state index in [1.807, 2.05) is 6.07 Å². The van der Waals surface area contributed by atoms with Crippen LogP contribution in [0.15, 0.2) is 71.8 Å². The van der Waals surface area contributed by atoms with E-state index in [0.717, 1.165) is 0 Å². The second kappa shape index (κ2) is 10.6. The maximum atomic E-state index is 12.5. The summed E-state index contributed by atoms with van der Waals surface area (Å²) in [6.45, 7) is 0. The van der Waals surface area contributed by atoms with Crippen molar-refractivity contribution in [3.8, 4) is 17.2 Å². The molecule has 0 spiro atoms. The van der Waals surface area contributed by atoms with Crippen LogP contribution in [0.2, 0.25) is 0 Å². The number of carbonyl (C=O) groups excluding carboxylic acids is 2. The molecule has 0 aliphatic carbocycles. The van der Waals surface area contributed by atoms with Crippen molar-refractivity contribution < 1.29 is 23.8 Å². The van der Waals surface area contributed by atoms with Crippen LogP contribution < -0.4 is 25.0 Å². The molecular formula is C24H23N3O5. The average molecular weight is 433 g/mol. The van der Waals surface area contributed by atoms with Gasteiger partial charge in [-0.3, -0.25) is 9.59 Å². The van der Waals surface area contributed by atoms with Crippen molar-refractivity contribution in [2.75, 3.05) is 26.6 Å². The van der Waals surface area contributed by atoms with Crippen molar-refractivity contribution in [2.45, 2.75) is 0 Å². The number of amides is 2. The lowest BCUT2D eigenvalue weighted by Crippen LogP contribution is -2.18. The summed E-state index contributed by atoms with van der Waals surface area (Å²) in [5.74, 6) is 0.724. The summed E-state index contributed by atoms with van der Waals surface area (Å²) in [4.78, 5) is 24.8. The summed E-state index contributed by atoms with van der Waals surface area (Å²) in [7, 11) is 4.55. The maximum Gasteiger partial charge on any atom is 0.271 e. The first-order valence-corrected chi connectivity index (χ1v) is 9.65. The largest absolute Gasteiger partial charge is 0.493 e. The summed E-state index contributed by atoms with van der Waals surface area (Å²) >= 11 is 0. The van der Waals surface area contributed by atoms with E-state index in [4.69, 9.17) is 14.2 Å². The quantitative estimate of drug-likeness (QED) is 0.417. The van der Waals surface area contributed by atoms with Crippen LogP contribution in [0.1, 0.15) is 26.3 Å². The number of nitrogens with zero attached hydrogens (tertiary/aromatic N) is 1. The van der Waals surface area contributed by atoms with Crippen LogP contribution in [0.4, 0.5) is 5.69 Å². The lowest BCUT2D eigenvalue weighted by Gasteiger charge is -2.12. The zero-order valence-electron chi connectivity index (χ0n) is 17.9. The minimum atomic E-state index is -0.426. The van der Waals surface area contributed by atoms with E-state index in [1.54, 1.807) is 60.7 Å². The molecule has 0 saturated carbocycles. The maximum absolute atomic E-state index is 12.5. The highest BCUT2D eigenvalue weighted by atomic mass is 16.5. The number of rotatable bonds is 8. The number of benzene rings is 3. The smallest absolute Gasteiger partial charge is 0.271 e. The molecule has 32 heavy (non-hydrogen) atoms. The summed E-state index contributed by atoms with van der Waals surface area (Å²) in [6.07, 6.45) is 1.46. The van der Waals surface area contributed by atoms with Crippen LogP contribution in [0.3, 0.4) is 0 Å². The molecule has 3 aromatic carbocycles. The number of ether oxygens (including phenoxy) is 3. The number of hydrogen-bond donors (Lipinski definition) is 2. The van der Waals surface area contributed by atoms with Gasteiger partial charge in [0.05, 0.1) is 27.5 Å². The lowest BCUT2D eigenvalue weighted by atomic mass is 10.1. The van der Waals surface area contributed by atoms with Crippen LogP contribution >= 0.6 is 0 Å². The first-order valence-electron chi connectivity index (χ1n) is 9.65. The molecule has 0 fully saturated rings. The monoisotopic (exact) mass is 433 g/mol. The predicted octanol–water partition coefficient (Wildman–Crippen LogP) is 3.73. The van der Waals surface area contributed by atoms with Crippen LogP contribution in [0.25, 0.3) is 0 Å². The molecule has 0 bridgehead atoms. The Morgan fingerprint density at radius 1 is 0.781 bits per heavy atom. The number of anilines is 1. The Hall–Kier alpha value is -4.33. The molecule has 164 valence electrons. The number of methoxy groups -OCH3 is 3. The zero-order chi connectivity index (χ0) is 22.9. The summed E-state index contributed by atoms with van der Waals surface area (Å²) in [6, 6.07) is 18.8. The second-order valence-electron chi connectivity index (χ2n) is 6.56. The normalized spacial score (nSPS) is 10.5. The lowest BCUT2D eigenvalue weighted by molar-refractivity contribution is 0.0953. The number of hydrogen-bond acceptors (Lipinski definition) is 6. The fourth-order valence-corrected chi connectivity index (χ4v) is 2.94. The van der Waals surface area contributed by atoms with Gasteiger partial charge in [0.1, 0.15) is 0 Å². The molecule has 0 saturated heterocycles. The molecule has 2 N–H and O–H groups in total. The first-order chi connectivity index (χ1) is 15.5. The van der Waals surface area contributed by atoms with Crippen molar-refractivity contribution in [3.05, 3.63) is 83.4 Å². The second-order valence-corrected chi connectivity index (χ2v) is 6.56. The third-order valence-electron chi connectivity index (χ3n) is 4.49. The fourth-order valence-electron chi connectivity index (χ4n) is 2.94. The van der Waals surface area contributed by atoms with E-state index < -0.39 is 5.91 Å². The molecule has 0 unspecified atom stereocenters. The van der Waals surface area contributed by atoms with Crippen LogP contribution in [0.5, 0.6) is 17.2 Å². The Morgan fingerprint density at radius 2 is 1.44 bits per heavy atom. The van der Waals surface area contributed by atoms with E-state index in [0.29, 0.717) is 39.6 Å². The van der Waals surface area contributed by atoms with Gasteiger partial charge in [0.15, 0.2) is 11.5 Å². The van der Waals surface area contributed by atoms with Crippen LogP contribution in [-0.4, -0.2) is 39.4 Å². The first kappa shape index (κ1) is 22.4. The molecule has 0 radical (unpaired) electrons. The van der Waals surface area contributed by atoms with E-state index in [-0.39, 0.29) is 5.91 Å². The van der Waals surface area contributed by atoms with E-state index in [2.05, 4.69) is 15.8 Å². The molecule has 8 nitrogen and oxygen atoms in total. The summed E-state index contributed by atoms with van der Waals surface area (Å²) in [5.41, 5.74) is 4.48.